The van der Waals surface area contributed by atoms with Crippen LogP contribution in [0.25, 0.3) is 6.08 Å². The monoisotopic (exact) mass is 498 g/mol. The first-order valence-electron chi connectivity index (χ1n) is 10.6. The third-order valence-corrected chi connectivity index (χ3v) is 5.26. The van der Waals surface area contributed by atoms with Crippen molar-refractivity contribution in [2.75, 3.05) is 19.8 Å². The minimum absolute atomic E-state index is 0.0454. The number of aliphatic hydroxyl groups is 1. The fourth-order valence-electron chi connectivity index (χ4n) is 2.98. The number of carbonyl (C=O) groups excluding carboxylic acids is 2. The van der Waals surface area contributed by atoms with Crippen LogP contribution in [0.5, 0.6) is 5.75 Å². The van der Waals surface area contributed by atoms with Crippen molar-refractivity contribution in [3.05, 3.63) is 105 Å². The maximum absolute atomic E-state index is 12.8. The highest BCUT2D eigenvalue weighted by molar-refractivity contribution is 6.30. The van der Waals surface area contributed by atoms with Crippen molar-refractivity contribution in [1.29, 1.82) is 0 Å². The van der Waals surface area contributed by atoms with E-state index >= 15 is 0 Å². The topological polar surface area (TPSA) is 87.7 Å². The summed E-state index contributed by atoms with van der Waals surface area (Å²) in [4.78, 5) is 25.3. The Bertz CT molecular complexity index is 1130. The van der Waals surface area contributed by atoms with Gasteiger partial charge in [0.05, 0.1) is 13.2 Å². The molecule has 0 spiro atoms. The summed E-state index contributed by atoms with van der Waals surface area (Å²) in [6.07, 6.45) is 2.26. The van der Waals surface area contributed by atoms with Gasteiger partial charge >= 0.3 is 0 Å². The zero-order chi connectivity index (χ0) is 24.3. The number of amides is 2. The van der Waals surface area contributed by atoms with E-state index in [1.54, 1.807) is 48.5 Å². The summed E-state index contributed by atoms with van der Waals surface area (Å²) in [7, 11) is 0. The van der Waals surface area contributed by atoms with Crippen LogP contribution >= 0.6 is 23.2 Å². The predicted molar refractivity (Wildman–Crippen MR) is 134 cm³/mol. The van der Waals surface area contributed by atoms with Crippen LogP contribution in [0.3, 0.4) is 0 Å². The molecule has 3 rings (SSSR count). The Morgan fingerprint density at radius 1 is 0.882 bits per heavy atom. The number of halogens is 2. The molecule has 0 bridgehead atoms. The molecule has 0 heterocycles. The maximum Gasteiger partial charge on any atom is 0.267 e. The van der Waals surface area contributed by atoms with Gasteiger partial charge in [0.15, 0.2) is 0 Å². The van der Waals surface area contributed by atoms with Gasteiger partial charge in [0.25, 0.3) is 11.8 Å². The zero-order valence-electron chi connectivity index (χ0n) is 18.3. The van der Waals surface area contributed by atoms with Crippen LogP contribution in [-0.2, 0) is 11.2 Å². The molecule has 176 valence electrons. The van der Waals surface area contributed by atoms with Crippen molar-refractivity contribution in [3.8, 4) is 5.75 Å². The molecule has 0 atom stereocenters. The Morgan fingerprint density at radius 3 is 2.12 bits per heavy atom. The SMILES string of the molecule is O=C(NCCO)C(=Cc1ccc(Cl)cc1)NC(=O)c1ccc(OCCc2ccc(Cl)cc2)cc1. The number of aliphatic hydroxyl groups excluding tert-OH is 1. The molecule has 34 heavy (non-hydrogen) atoms. The van der Waals surface area contributed by atoms with Gasteiger partial charge in [-0.15, -0.1) is 0 Å². The second-order valence-electron chi connectivity index (χ2n) is 7.29. The zero-order valence-corrected chi connectivity index (χ0v) is 19.8. The van der Waals surface area contributed by atoms with Gasteiger partial charge in [0, 0.05) is 28.6 Å². The molecule has 0 saturated heterocycles. The molecule has 0 saturated carbocycles. The van der Waals surface area contributed by atoms with Gasteiger partial charge in [-0.3, -0.25) is 9.59 Å². The Kier molecular flexibility index (Phi) is 9.52. The molecule has 0 fully saturated rings. The van der Waals surface area contributed by atoms with Crippen LogP contribution in [-0.4, -0.2) is 36.7 Å². The second kappa shape index (κ2) is 12.8. The maximum atomic E-state index is 12.8. The molecule has 0 aliphatic heterocycles. The second-order valence-corrected chi connectivity index (χ2v) is 8.17. The minimum atomic E-state index is -0.514. The van der Waals surface area contributed by atoms with Gasteiger partial charge in [-0.05, 0) is 65.7 Å². The van der Waals surface area contributed by atoms with E-state index in [2.05, 4.69) is 10.6 Å². The van der Waals surface area contributed by atoms with Crippen molar-refractivity contribution in [3.63, 3.8) is 0 Å². The Morgan fingerprint density at radius 2 is 1.50 bits per heavy atom. The molecule has 0 aliphatic rings. The lowest BCUT2D eigenvalue weighted by atomic mass is 10.1. The summed E-state index contributed by atoms with van der Waals surface area (Å²) in [5.41, 5.74) is 2.20. The Labute approximate surface area is 208 Å². The highest BCUT2D eigenvalue weighted by atomic mass is 35.5. The van der Waals surface area contributed by atoms with Crippen LogP contribution in [0, 0.1) is 0 Å². The Balaban J connectivity index is 1.63. The molecule has 3 aromatic carbocycles. The lowest BCUT2D eigenvalue weighted by molar-refractivity contribution is -0.117. The molecule has 2 amide bonds. The normalized spacial score (nSPS) is 11.1. The van der Waals surface area contributed by atoms with Gasteiger partial charge in [0.2, 0.25) is 0 Å². The largest absolute Gasteiger partial charge is 0.493 e. The fourth-order valence-corrected chi connectivity index (χ4v) is 3.24. The summed E-state index contributed by atoms with van der Waals surface area (Å²) in [5, 5.41) is 15.4. The first-order valence-corrected chi connectivity index (χ1v) is 11.3. The quantitative estimate of drug-likeness (QED) is 0.359. The molecule has 3 aromatic rings. The van der Waals surface area contributed by atoms with E-state index in [9.17, 15) is 9.59 Å². The third-order valence-electron chi connectivity index (χ3n) is 4.76. The molecule has 0 aromatic heterocycles. The standard InChI is InChI=1S/C26H24Cl2N2O4/c27-21-7-1-18(2-8-21)13-16-34-23-11-5-20(6-12-23)25(32)30-24(26(33)29-14-15-31)17-19-3-9-22(28)10-4-19/h1-12,17,31H,13-16H2,(H,29,33)(H,30,32). The van der Waals surface area contributed by atoms with Gasteiger partial charge in [-0.1, -0.05) is 47.5 Å². The van der Waals surface area contributed by atoms with E-state index in [1.807, 2.05) is 24.3 Å². The van der Waals surface area contributed by atoms with Crippen molar-refractivity contribution in [2.24, 2.45) is 0 Å². The van der Waals surface area contributed by atoms with Crippen molar-refractivity contribution < 1.29 is 19.4 Å². The number of hydrogen-bond acceptors (Lipinski definition) is 4. The highest BCUT2D eigenvalue weighted by Crippen LogP contribution is 2.16. The molecule has 0 unspecified atom stereocenters. The van der Waals surface area contributed by atoms with E-state index in [1.165, 1.54) is 6.08 Å². The smallest absolute Gasteiger partial charge is 0.267 e. The molecular formula is C26H24Cl2N2O4. The lowest BCUT2D eigenvalue weighted by Crippen LogP contribution is -2.36. The number of ether oxygens (including phenoxy) is 1. The third kappa shape index (κ3) is 7.92. The fraction of sp³-hybridized carbons (Fsp3) is 0.154. The first-order chi connectivity index (χ1) is 16.4. The molecular weight excluding hydrogens is 475 g/mol. The van der Waals surface area contributed by atoms with Gasteiger partial charge in [-0.2, -0.15) is 0 Å². The lowest BCUT2D eigenvalue weighted by Gasteiger charge is -2.11. The average Bonchev–Trinajstić information content (AvgIpc) is 2.85. The van der Waals surface area contributed by atoms with E-state index < -0.39 is 11.8 Å². The number of carbonyl (C=O) groups is 2. The first kappa shape index (κ1) is 25.3. The summed E-state index contributed by atoms with van der Waals surface area (Å²) < 4.78 is 5.75. The molecule has 8 heteroatoms. The van der Waals surface area contributed by atoms with Gasteiger partial charge < -0.3 is 20.5 Å². The van der Waals surface area contributed by atoms with E-state index in [-0.39, 0.29) is 18.8 Å². The van der Waals surface area contributed by atoms with Crippen LogP contribution in [0.4, 0.5) is 0 Å². The van der Waals surface area contributed by atoms with Crippen LogP contribution in [0.2, 0.25) is 10.0 Å². The molecule has 0 radical (unpaired) electrons. The highest BCUT2D eigenvalue weighted by Gasteiger charge is 2.14. The summed E-state index contributed by atoms with van der Waals surface area (Å²) in [6, 6.07) is 21.0. The van der Waals surface area contributed by atoms with Crippen molar-refractivity contribution in [1.82, 2.24) is 10.6 Å². The van der Waals surface area contributed by atoms with Crippen LogP contribution in [0.15, 0.2) is 78.5 Å². The van der Waals surface area contributed by atoms with Gasteiger partial charge in [-0.25, -0.2) is 0 Å². The molecule has 6 nitrogen and oxygen atoms in total. The van der Waals surface area contributed by atoms with Crippen LogP contribution in [0.1, 0.15) is 21.5 Å². The van der Waals surface area contributed by atoms with Crippen LogP contribution < -0.4 is 15.4 Å². The average molecular weight is 499 g/mol. The van der Waals surface area contributed by atoms with E-state index in [0.717, 1.165) is 12.0 Å². The van der Waals surface area contributed by atoms with Gasteiger partial charge in [0.1, 0.15) is 11.4 Å². The molecule has 3 N–H and O–H groups in total. The predicted octanol–water partition coefficient (Wildman–Crippen LogP) is 4.49. The number of benzene rings is 3. The van der Waals surface area contributed by atoms with Crippen molar-refractivity contribution in [2.45, 2.75) is 6.42 Å². The summed E-state index contributed by atoms with van der Waals surface area (Å²) in [6.45, 7) is 0.328. The molecule has 0 aliphatic carbocycles. The van der Waals surface area contributed by atoms with E-state index in [4.69, 9.17) is 33.0 Å². The summed E-state index contributed by atoms with van der Waals surface area (Å²) >= 11 is 11.8. The number of hydrogen-bond donors (Lipinski definition) is 3. The van der Waals surface area contributed by atoms with E-state index in [0.29, 0.717) is 33.5 Å². The summed E-state index contributed by atoms with van der Waals surface area (Å²) in [5.74, 6) is -0.338. The number of rotatable bonds is 10. The van der Waals surface area contributed by atoms with Crippen molar-refractivity contribution >= 4 is 41.1 Å². The minimum Gasteiger partial charge on any atom is -0.493 e. The number of nitrogens with one attached hydrogen (secondary N) is 2. The Hall–Kier alpha value is -3.32.